The van der Waals surface area contributed by atoms with Gasteiger partial charge in [0.2, 0.25) is 0 Å². The zero-order chi connectivity index (χ0) is 16.9. The Morgan fingerprint density at radius 2 is 1.72 bits per heavy atom. The molecule has 0 aliphatic rings. The van der Waals surface area contributed by atoms with E-state index in [2.05, 4.69) is 74.5 Å². The molecule has 1 aromatic heterocycles. The minimum atomic E-state index is 0. The van der Waals surface area contributed by atoms with Gasteiger partial charge in [0.15, 0.2) is 0 Å². The van der Waals surface area contributed by atoms with Gasteiger partial charge in [-0.25, -0.2) is 4.57 Å². The molecule has 0 aliphatic heterocycles. The summed E-state index contributed by atoms with van der Waals surface area (Å²) in [6.45, 7) is 0.876. The van der Waals surface area contributed by atoms with Gasteiger partial charge in [0.25, 0.3) is 0 Å². The first-order valence-corrected chi connectivity index (χ1v) is 9.14. The third-order valence-electron chi connectivity index (χ3n) is 3.59. The van der Waals surface area contributed by atoms with Crippen molar-refractivity contribution in [1.82, 2.24) is 0 Å². The molecule has 0 bridgehead atoms. The standard InChI is InChI=1S/C18H18BrN4S.BrH/c1-22(12-14-6-4-3-5-7-14)16-10-8-15(9-11-16)20-21-18-23(2)13-17(19)24-18;/h3-11,13H,12H2,1-2H3;1H/q+1;/p-1. The molecule has 0 unspecified atom stereocenters. The minimum Gasteiger partial charge on any atom is -1.00 e. The summed E-state index contributed by atoms with van der Waals surface area (Å²) in [5, 5.41) is 9.47. The Morgan fingerprint density at radius 3 is 2.32 bits per heavy atom. The molecule has 3 aromatic rings. The number of halogens is 2. The van der Waals surface area contributed by atoms with Crippen molar-refractivity contribution in [3.63, 3.8) is 0 Å². The number of hydrogen-bond acceptors (Lipinski definition) is 4. The van der Waals surface area contributed by atoms with Gasteiger partial charge in [-0.05, 0) is 62.2 Å². The fraction of sp³-hybridized carbons (Fsp3) is 0.167. The summed E-state index contributed by atoms with van der Waals surface area (Å²) >= 11 is 5.01. The van der Waals surface area contributed by atoms with Gasteiger partial charge in [-0.1, -0.05) is 30.3 Å². The average molecular weight is 482 g/mol. The van der Waals surface area contributed by atoms with Crippen LogP contribution in [0.25, 0.3) is 0 Å². The Kier molecular flexibility index (Phi) is 7.28. The first-order valence-electron chi connectivity index (χ1n) is 7.53. The molecule has 7 heteroatoms. The van der Waals surface area contributed by atoms with Crippen molar-refractivity contribution in [3.05, 3.63) is 70.1 Å². The highest BCUT2D eigenvalue weighted by atomic mass is 79.9. The van der Waals surface area contributed by atoms with Crippen LogP contribution in [0.2, 0.25) is 0 Å². The molecule has 0 aliphatic carbocycles. The van der Waals surface area contributed by atoms with E-state index in [1.807, 2.05) is 36.0 Å². The lowest BCUT2D eigenvalue weighted by Gasteiger charge is -2.19. The van der Waals surface area contributed by atoms with Gasteiger partial charge in [0, 0.05) is 19.3 Å². The first kappa shape index (κ1) is 19.8. The molecule has 1 heterocycles. The van der Waals surface area contributed by atoms with Crippen molar-refractivity contribution in [1.29, 1.82) is 0 Å². The topological polar surface area (TPSA) is 31.8 Å². The number of rotatable bonds is 5. The molecule has 0 spiro atoms. The predicted molar refractivity (Wildman–Crippen MR) is 102 cm³/mol. The number of benzene rings is 2. The normalized spacial score (nSPS) is 10.7. The number of anilines is 1. The summed E-state index contributed by atoms with van der Waals surface area (Å²) in [6.07, 6.45) is 1.97. The molecular formula is C18H18Br2N4S. The Morgan fingerprint density at radius 1 is 1.04 bits per heavy atom. The van der Waals surface area contributed by atoms with Crippen molar-refractivity contribution in [2.24, 2.45) is 17.3 Å². The second-order valence-corrected chi connectivity index (χ2v) is 7.88. The van der Waals surface area contributed by atoms with E-state index >= 15 is 0 Å². The van der Waals surface area contributed by atoms with Gasteiger partial charge in [-0.3, -0.25) is 0 Å². The smallest absolute Gasteiger partial charge is 0.409 e. The van der Waals surface area contributed by atoms with E-state index in [0.717, 1.165) is 26.8 Å². The zero-order valence-electron chi connectivity index (χ0n) is 13.9. The van der Waals surface area contributed by atoms with Crippen molar-refractivity contribution in [2.45, 2.75) is 6.54 Å². The van der Waals surface area contributed by atoms with Crippen molar-refractivity contribution < 1.29 is 21.5 Å². The van der Waals surface area contributed by atoms with Crippen LogP contribution in [0.15, 0.2) is 74.8 Å². The summed E-state index contributed by atoms with van der Waals surface area (Å²) in [6, 6.07) is 18.6. The second kappa shape index (κ2) is 9.22. The monoisotopic (exact) mass is 480 g/mol. The first-order chi connectivity index (χ1) is 11.6. The molecule has 2 aromatic carbocycles. The Bertz CT molecular complexity index is 832. The van der Waals surface area contributed by atoms with Crippen LogP contribution in [0, 0.1) is 0 Å². The predicted octanol–water partition coefficient (Wildman–Crippen LogP) is 2.39. The van der Waals surface area contributed by atoms with Gasteiger partial charge in [0.1, 0.15) is 15.7 Å². The van der Waals surface area contributed by atoms with Gasteiger partial charge in [0.05, 0.1) is 12.2 Å². The largest absolute Gasteiger partial charge is 1.00 e. The van der Waals surface area contributed by atoms with Crippen LogP contribution >= 0.6 is 27.3 Å². The fourth-order valence-electron chi connectivity index (χ4n) is 2.31. The quantitative estimate of drug-likeness (QED) is 0.406. The van der Waals surface area contributed by atoms with E-state index in [1.54, 1.807) is 11.3 Å². The van der Waals surface area contributed by atoms with E-state index in [-0.39, 0.29) is 17.0 Å². The van der Waals surface area contributed by atoms with E-state index in [0.29, 0.717) is 0 Å². The Labute approximate surface area is 170 Å². The molecular weight excluding hydrogens is 464 g/mol. The van der Waals surface area contributed by atoms with E-state index in [1.165, 1.54) is 5.56 Å². The maximum atomic E-state index is 4.31. The van der Waals surface area contributed by atoms with Crippen LogP contribution in [0.3, 0.4) is 0 Å². The Balaban J connectivity index is 0.00000225. The molecule has 0 amide bonds. The molecule has 0 saturated heterocycles. The van der Waals surface area contributed by atoms with Crippen molar-refractivity contribution >= 4 is 43.8 Å². The summed E-state index contributed by atoms with van der Waals surface area (Å²) in [7, 11) is 4.05. The van der Waals surface area contributed by atoms with E-state index in [4.69, 9.17) is 0 Å². The maximum absolute atomic E-state index is 4.31. The summed E-state index contributed by atoms with van der Waals surface area (Å²) in [4.78, 5) is 2.21. The summed E-state index contributed by atoms with van der Waals surface area (Å²) in [5.41, 5.74) is 3.29. The van der Waals surface area contributed by atoms with Gasteiger partial charge in [-0.15, -0.1) is 0 Å². The third-order valence-corrected chi connectivity index (χ3v) is 5.13. The number of azo groups is 1. The highest BCUT2D eigenvalue weighted by molar-refractivity contribution is 9.11. The molecule has 25 heavy (non-hydrogen) atoms. The highest BCUT2D eigenvalue weighted by Gasteiger charge is 2.11. The fourth-order valence-corrected chi connectivity index (χ4v) is 3.71. The van der Waals surface area contributed by atoms with Crippen molar-refractivity contribution in [3.8, 4) is 0 Å². The van der Waals surface area contributed by atoms with E-state index < -0.39 is 0 Å². The molecule has 0 fully saturated rings. The second-order valence-electron chi connectivity index (χ2n) is 5.49. The molecule has 4 nitrogen and oxygen atoms in total. The number of nitrogens with zero attached hydrogens (tertiary/aromatic N) is 4. The van der Waals surface area contributed by atoms with Gasteiger partial charge in [-0.2, -0.15) is 0 Å². The number of aryl methyl sites for hydroxylation is 1. The molecule has 0 radical (unpaired) electrons. The van der Waals surface area contributed by atoms with Crippen LogP contribution in [-0.4, -0.2) is 7.05 Å². The van der Waals surface area contributed by atoms with Crippen LogP contribution in [0.4, 0.5) is 16.5 Å². The molecule has 3 rings (SSSR count). The highest BCUT2D eigenvalue weighted by Crippen LogP contribution is 2.26. The lowest BCUT2D eigenvalue weighted by molar-refractivity contribution is -0.654. The van der Waals surface area contributed by atoms with Crippen LogP contribution in [-0.2, 0) is 13.6 Å². The zero-order valence-corrected chi connectivity index (χ0v) is 17.9. The lowest BCUT2D eigenvalue weighted by atomic mass is 10.2. The summed E-state index contributed by atoms with van der Waals surface area (Å²) in [5.74, 6) is 0. The van der Waals surface area contributed by atoms with E-state index in [9.17, 15) is 0 Å². The van der Waals surface area contributed by atoms with Gasteiger partial charge >= 0.3 is 5.13 Å². The molecule has 0 N–H and O–H groups in total. The van der Waals surface area contributed by atoms with Crippen LogP contribution in [0.5, 0.6) is 0 Å². The maximum Gasteiger partial charge on any atom is 0.409 e. The number of hydrogen-bond donors (Lipinski definition) is 0. The van der Waals surface area contributed by atoms with Crippen molar-refractivity contribution in [2.75, 3.05) is 11.9 Å². The third kappa shape index (κ3) is 5.45. The average Bonchev–Trinajstić information content (AvgIpc) is 2.92. The van der Waals surface area contributed by atoms with Crippen LogP contribution in [0.1, 0.15) is 5.56 Å². The number of thiazole rings is 1. The molecule has 0 saturated carbocycles. The lowest BCUT2D eigenvalue weighted by Crippen LogP contribution is -3.00. The van der Waals surface area contributed by atoms with Gasteiger partial charge < -0.3 is 21.9 Å². The SMILES string of the molecule is CN(Cc1ccccc1)c1ccc(N=Nc2sc(Br)c[n+]2C)cc1.[Br-]. The summed E-state index contributed by atoms with van der Waals surface area (Å²) < 4.78 is 2.98. The van der Waals surface area contributed by atoms with Crippen LogP contribution < -0.4 is 26.4 Å². The molecule has 130 valence electrons. The number of aromatic nitrogens is 1. The molecule has 0 atom stereocenters. The minimum absolute atomic E-state index is 0. The Hall–Kier alpha value is -1.57.